The number of hydrogen-bond acceptors (Lipinski definition) is 5. The Hall–Kier alpha value is -2.66. The second-order valence-electron chi connectivity index (χ2n) is 5.77. The third kappa shape index (κ3) is 3.67. The zero-order valence-corrected chi connectivity index (χ0v) is 16.2. The molecule has 0 bridgehead atoms. The number of benzene rings is 1. The molecule has 2 aromatic heterocycles. The molecule has 3 aromatic rings. The highest BCUT2D eigenvalue weighted by Crippen LogP contribution is 2.31. The molecule has 8 nitrogen and oxygen atoms in total. The molecule has 12 heteroatoms. The summed E-state index contributed by atoms with van der Waals surface area (Å²) in [5.74, 6) is -3.24. The molecule has 0 unspecified atom stereocenters. The lowest BCUT2D eigenvalue weighted by Crippen LogP contribution is -2.37. The van der Waals surface area contributed by atoms with Crippen LogP contribution in [0.4, 0.5) is 14.5 Å². The van der Waals surface area contributed by atoms with Crippen molar-refractivity contribution in [2.45, 2.75) is 17.2 Å². The summed E-state index contributed by atoms with van der Waals surface area (Å²) in [7, 11) is 2.73. The molecule has 148 valence electrons. The van der Waals surface area contributed by atoms with E-state index in [-0.39, 0.29) is 27.0 Å². The molecule has 2 heterocycles. The molecule has 0 spiro atoms. The van der Waals surface area contributed by atoms with E-state index < -0.39 is 29.5 Å². The van der Waals surface area contributed by atoms with Gasteiger partial charge in [0.05, 0.1) is 5.69 Å². The third-order valence-electron chi connectivity index (χ3n) is 3.98. The van der Waals surface area contributed by atoms with Gasteiger partial charge in [-0.2, -0.15) is 13.8 Å². The Bertz CT molecular complexity index is 1190. The minimum atomic E-state index is -2.64. The predicted octanol–water partition coefficient (Wildman–Crippen LogP) is 2.04. The number of halogens is 3. The van der Waals surface area contributed by atoms with Crippen LogP contribution in [0.3, 0.4) is 0 Å². The van der Waals surface area contributed by atoms with E-state index in [1.165, 1.54) is 26.2 Å². The fourth-order valence-electron chi connectivity index (χ4n) is 2.67. The Morgan fingerprint density at radius 3 is 2.61 bits per heavy atom. The quantitative estimate of drug-likeness (QED) is 0.495. The average molecular weight is 430 g/mol. The van der Waals surface area contributed by atoms with Gasteiger partial charge in [0.1, 0.15) is 6.54 Å². The molecule has 28 heavy (non-hydrogen) atoms. The number of carbonyl (C=O) groups is 1. The lowest BCUT2D eigenvalue weighted by molar-refractivity contribution is -0.116. The first-order valence-electron chi connectivity index (χ1n) is 7.86. The molecule has 1 amide bonds. The van der Waals surface area contributed by atoms with Crippen LogP contribution < -0.4 is 16.6 Å². The molecule has 0 radical (unpaired) electrons. The zero-order valence-electron chi connectivity index (χ0n) is 14.6. The lowest BCUT2D eigenvalue weighted by Gasteiger charge is -2.11. The number of para-hydroxylation sites is 1. The molecule has 1 aromatic carbocycles. The Morgan fingerprint density at radius 1 is 1.25 bits per heavy atom. The van der Waals surface area contributed by atoms with E-state index in [1.54, 1.807) is 12.1 Å². The second-order valence-corrected chi connectivity index (χ2v) is 7.14. The van der Waals surface area contributed by atoms with Crippen LogP contribution in [-0.4, -0.2) is 30.3 Å². The minimum Gasteiger partial charge on any atom is -0.324 e. The summed E-state index contributed by atoms with van der Waals surface area (Å²) in [5.41, 5.74) is -1.00. The number of thioether (sulfide) groups is 1. The van der Waals surface area contributed by atoms with Crippen LogP contribution in [0.1, 0.15) is 0 Å². The summed E-state index contributed by atoms with van der Waals surface area (Å²) in [6.45, 7) is -0.392. The van der Waals surface area contributed by atoms with E-state index in [1.807, 2.05) is 0 Å². The number of hydrogen-bond donors (Lipinski definition) is 1. The van der Waals surface area contributed by atoms with Gasteiger partial charge in [-0.25, -0.2) is 4.79 Å². The number of amides is 1. The number of aromatic nitrogens is 4. The monoisotopic (exact) mass is 429 g/mol. The normalized spacial score (nSPS) is 11.4. The van der Waals surface area contributed by atoms with Gasteiger partial charge < -0.3 is 5.32 Å². The Labute approximate surface area is 165 Å². The van der Waals surface area contributed by atoms with Crippen molar-refractivity contribution >= 4 is 46.1 Å². The van der Waals surface area contributed by atoms with Crippen molar-refractivity contribution in [2.24, 2.45) is 14.1 Å². The molecule has 0 fully saturated rings. The van der Waals surface area contributed by atoms with E-state index >= 15 is 0 Å². The van der Waals surface area contributed by atoms with Crippen LogP contribution >= 0.6 is 23.4 Å². The number of carbonyl (C=O) groups excluding carboxylic acids is 1. The first-order chi connectivity index (χ1) is 13.2. The minimum absolute atomic E-state index is 0.0139. The van der Waals surface area contributed by atoms with Crippen molar-refractivity contribution in [2.75, 3.05) is 5.32 Å². The highest BCUT2D eigenvalue weighted by Gasteiger charge is 2.20. The number of aryl methyl sites for hydroxylation is 1. The summed E-state index contributed by atoms with van der Waals surface area (Å²) in [4.78, 5) is 41.1. The molecular weight excluding hydrogens is 416 g/mol. The predicted molar refractivity (Wildman–Crippen MR) is 102 cm³/mol. The van der Waals surface area contributed by atoms with E-state index in [0.29, 0.717) is 11.8 Å². The molecular formula is C16H14ClF2N5O3S. The van der Waals surface area contributed by atoms with Crippen molar-refractivity contribution in [3.05, 3.63) is 50.4 Å². The molecule has 0 aliphatic heterocycles. The van der Waals surface area contributed by atoms with E-state index in [2.05, 4.69) is 10.3 Å². The van der Waals surface area contributed by atoms with Gasteiger partial charge in [-0.15, -0.1) is 0 Å². The second kappa shape index (κ2) is 7.76. The average Bonchev–Trinajstić information content (AvgIpc) is 2.96. The van der Waals surface area contributed by atoms with E-state index in [0.717, 1.165) is 13.7 Å². The van der Waals surface area contributed by atoms with Gasteiger partial charge in [-0.3, -0.25) is 23.3 Å². The molecule has 0 atom stereocenters. The van der Waals surface area contributed by atoms with Crippen molar-refractivity contribution in [3.8, 4) is 0 Å². The van der Waals surface area contributed by atoms with Crippen molar-refractivity contribution in [1.82, 2.24) is 18.7 Å². The Balaban J connectivity index is 1.96. The smallest absolute Gasteiger partial charge is 0.324 e. The largest absolute Gasteiger partial charge is 0.332 e. The molecule has 0 aliphatic rings. The number of fused-ring (bicyclic) bond motifs is 1. The van der Waals surface area contributed by atoms with Crippen LogP contribution in [0.5, 0.6) is 0 Å². The number of rotatable bonds is 5. The topological polar surface area (TPSA) is 90.9 Å². The number of alkyl halides is 2. The fraction of sp³-hybridized carbons (Fsp3) is 0.250. The van der Waals surface area contributed by atoms with Crippen molar-refractivity contribution in [1.29, 1.82) is 0 Å². The molecule has 0 saturated carbocycles. The first-order valence-corrected chi connectivity index (χ1v) is 9.12. The maximum atomic E-state index is 12.7. The van der Waals surface area contributed by atoms with E-state index in [9.17, 15) is 23.2 Å². The summed E-state index contributed by atoms with van der Waals surface area (Å²) >= 11 is 6.37. The first kappa shape index (κ1) is 20.1. The molecule has 0 saturated heterocycles. The third-order valence-corrected chi connectivity index (χ3v) is 5.06. The zero-order chi connectivity index (χ0) is 20.6. The number of nitrogens with one attached hydrogen (secondary N) is 1. The maximum absolute atomic E-state index is 12.7. The summed E-state index contributed by atoms with van der Waals surface area (Å²) in [6, 6.07) is 6.11. The van der Waals surface area contributed by atoms with Gasteiger partial charge in [-0.1, -0.05) is 23.9 Å². The highest BCUT2D eigenvalue weighted by atomic mass is 35.5. The molecule has 0 aliphatic carbocycles. The summed E-state index contributed by atoms with van der Waals surface area (Å²) < 4.78 is 28.5. The summed E-state index contributed by atoms with van der Waals surface area (Å²) in [5, 5.41) is 2.37. The van der Waals surface area contributed by atoms with Crippen LogP contribution in [0.2, 0.25) is 5.28 Å². The van der Waals surface area contributed by atoms with Gasteiger partial charge in [0.15, 0.2) is 11.2 Å². The molecule has 3 rings (SSSR count). The standard InChI is InChI=1S/C16H14ClF2N5O3S/c1-22-12-11(13(26)23(2)16(22)27)24(14(17)21-12)7-10(25)20-8-5-3-4-6-9(8)28-15(18)19/h3-6,15H,7H2,1-2H3,(H,20,25). The van der Waals surface area contributed by atoms with Crippen LogP contribution in [0.15, 0.2) is 38.8 Å². The fourth-order valence-corrected chi connectivity index (χ4v) is 3.49. The Morgan fingerprint density at radius 2 is 1.93 bits per heavy atom. The SMILES string of the molecule is Cn1c(=O)c2c(nc(Cl)n2CC(=O)Nc2ccccc2SC(F)F)n(C)c1=O. The van der Waals surface area contributed by atoms with Crippen molar-refractivity contribution < 1.29 is 13.6 Å². The Kier molecular flexibility index (Phi) is 5.57. The van der Waals surface area contributed by atoms with Gasteiger partial charge in [0.2, 0.25) is 11.2 Å². The van der Waals surface area contributed by atoms with Gasteiger partial charge >= 0.3 is 5.69 Å². The number of imidazole rings is 1. The van der Waals surface area contributed by atoms with E-state index in [4.69, 9.17) is 11.6 Å². The van der Waals surface area contributed by atoms with Gasteiger partial charge in [0.25, 0.3) is 11.3 Å². The van der Waals surface area contributed by atoms with Gasteiger partial charge in [0, 0.05) is 19.0 Å². The van der Waals surface area contributed by atoms with Crippen LogP contribution in [-0.2, 0) is 25.4 Å². The van der Waals surface area contributed by atoms with Crippen LogP contribution in [0.25, 0.3) is 11.2 Å². The van der Waals surface area contributed by atoms with Gasteiger partial charge in [-0.05, 0) is 23.7 Å². The number of anilines is 1. The molecule has 1 N–H and O–H groups in total. The maximum Gasteiger partial charge on any atom is 0.332 e. The highest BCUT2D eigenvalue weighted by molar-refractivity contribution is 7.99. The lowest BCUT2D eigenvalue weighted by atomic mass is 10.3. The van der Waals surface area contributed by atoms with Crippen molar-refractivity contribution in [3.63, 3.8) is 0 Å². The van der Waals surface area contributed by atoms with Crippen LogP contribution in [0, 0.1) is 0 Å². The number of nitrogens with zero attached hydrogens (tertiary/aromatic N) is 4. The summed E-state index contributed by atoms with van der Waals surface area (Å²) in [6.07, 6.45) is 0.